The van der Waals surface area contributed by atoms with Crippen molar-refractivity contribution in [3.8, 4) is 11.1 Å². The van der Waals surface area contributed by atoms with Gasteiger partial charge >= 0.3 is 5.97 Å². The van der Waals surface area contributed by atoms with Crippen molar-refractivity contribution in [2.75, 3.05) is 26.8 Å². The Labute approximate surface area is 187 Å². The van der Waals surface area contributed by atoms with E-state index < -0.39 is 0 Å². The van der Waals surface area contributed by atoms with Crippen LogP contribution in [0, 0.1) is 12.8 Å². The van der Waals surface area contributed by atoms with Gasteiger partial charge in [0, 0.05) is 32.0 Å². The molecule has 1 amide bonds. The van der Waals surface area contributed by atoms with Crippen LogP contribution in [0.3, 0.4) is 0 Å². The molecule has 32 heavy (non-hydrogen) atoms. The summed E-state index contributed by atoms with van der Waals surface area (Å²) in [4.78, 5) is 31.8. The molecule has 0 atom stereocenters. The average molecular weight is 437 g/mol. The molecule has 0 bridgehead atoms. The zero-order valence-corrected chi connectivity index (χ0v) is 18.7. The van der Waals surface area contributed by atoms with Gasteiger partial charge in [-0.15, -0.1) is 0 Å². The summed E-state index contributed by atoms with van der Waals surface area (Å²) in [6.45, 7) is 5.35. The normalized spacial score (nSPS) is 14.7. The quantitative estimate of drug-likeness (QED) is 0.552. The van der Waals surface area contributed by atoms with E-state index in [9.17, 15) is 9.59 Å². The molecule has 4 rings (SSSR count). The molecule has 3 aromatic rings. The van der Waals surface area contributed by atoms with Crippen molar-refractivity contribution in [2.45, 2.75) is 33.3 Å². The zero-order chi connectivity index (χ0) is 22.7. The van der Waals surface area contributed by atoms with Gasteiger partial charge in [-0.2, -0.15) is 5.10 Å². The Hall–Kier alpha value is -3.26. The fourth-order valence-corrected chi connectivity index (χ4v) is 4.28. The number of fused-ring (bicyclic) bond motifs is 1. The SMILES string of the molecule is CCOC(=O)C1CCN(C(=O)c2cnc3c(-c4ccccc4)c(C)nn3c2COC)CC1. The lowest BCUT2D eigenvalue weighted by molar-refractivity contribution is -0.149. The van der Waals surface area contributed by atoms with Gasteiger partial charge in [0.25, 0.3) is 5.91 Å². The van der Waals surface area contributed by atoms with Crippen LogP contribution in [0.15, 0.2) is 36.5 Å². The average Bonchev–Trinajstić information content (AvgIpc) is 3.16. The smallest absolute Gasteiger partial charge is 0.309 e. The predicted molar refractivity (Wildman–Crippen MR) is 119 cm³/mol. The standard InChI is InChI=1S/C24H28N4O4/c1-4-32-24(30)18-10-12-27(13-11-18)23(29)19-14-25-22-21(17-8-6-5-7-9-17)16(2)26-28(22)20(19)15-31-3/h5-9,14,18H,4,10-13,15H2,1-3H3. The fourth-order valence-electron chi connectivity index (χ4n) is 4.28. The number of rotatable bonds is 6. The van der Waals surface area contributed by atoms with Crippen molar-refractivity contribution in [3.05, 3.63) is 53.5 Å². The molecule has 0 radical (unpaired) electrons. The van der Waals surface area contributed by atoms with E-state index in [0.29, 0.717) is 49.4 Å². The lowest BCUT2D eigenvalue weighted by Crippen LogP contribution is -2.41. The summed E-state index contributed by atoms with van der Waals surface area (Å²) in [5, 5.41) is 4.69. The van der Waals surface area contributed by atoms with Crippen LogP contribution in [0.1, 0.15) is 41.5 Å². The summed E-state index contributed by atoms with van der Waals surface area (Å²) in [5.41, 5.74) is 4.63. The van der Waals surface area contributed by atoms with Crippen molar-refractivity contribution in [1.82, 2.24) is 19.5 Å². The van der Waals surface area contributed by atoms with Crippen LogP contribution in [-0.4, -0.2) is 58.2 Å². The van der Waals surface area contributed by atoms with Gasteiger partial charge in [-0.05, 0) is 32.3 Å². The van der Waals surface area contributed by atoms with Crippen LogP contribution >= 0.6 is 0 Å². The molecular formula is C24H28N4O4. The second kappa shape index (κ2) is 9.48. The first-order valence-corrected chi connectivity index (χ1v) is 10.9. The number of benzene rings is 1. The minimum Gasteiger partial charge on any atom is -0.466 e. The number of carbonyl (C=O) groups is 2. The van der Waals surface area contributed by atoms with Gasteiger partial charge < -0.3 is 14.4 Å². The molecule has 8 heteroatoms. The Morgan fingerprint density at radius 2 is 1.88 bits per heavy atom. The molecule has 3 heterocycles. The first kappa shape index (κ1) is 22.0. The highest BCUT2D eigenvalue weighted by atomic mass is 16.5. The van der Waals surface area contributed by atoms with Gasteiger partial charge in [0.15, 0.2) is 5.65 Å². The number of hydrogen-bond donors (Lipinski definition) is 0. The van der Waals surface area contributed by atoms with E-state index in [1.165, 1.54) is 0 Å². The highest BCUT2D eigenvalue weighted by Gasteiger charge is 2.30. The third-order valence-electron chi connectivity index (χ3n) is 5.89. The van der Waals surface area contributed by atoms with E-state index in [4.69, 9.17) is 14.6 Å². The number of ether oxygens (including phenoxy) is 2. The summed E-state index contributed by atoms with van der Waals surface area (Å²) >= 11 is 0. The van der Waals surface area contributed by atoms with Crippen LogP contribution in [-0.2, 0) is 20.9 Å². The van der Waals surface area contributed by atoms with Crippen LogP contribution < -0.4 is 0 Å². The molecule has 168 valence electrons. The number of methoxy groups -OCH3 is 1. The number of aromatic nitrogens is 3. The molecule has 1 aromatic carbocycles. The second-order valence-corrected chi connectivity index (χ2v) is 7.93. The molecule has 2 aromatic heterocycles. The van der Waals surface area contributed by atoms with E-state index in [2.05, 4.69) is 4.98 Å². The lowest BCUT2D eigenvalue weighted by Gasteiger charge is -2.31. The second-order valence-electron chi connectivity index (χ2n) is 7.93. The minimum absolute atomic E-state index is 0.122. The van der Waals surface area contributed by atoms with Crippen LogP contribution in [0.2, 0.25) is 0 Å². The number of piperidine rings is 1. The van der Waals surface area contributed by atoms with Gasteiger partial charge in [0.2, 0.25) is 0 Å². The molecular weight excluding hydrogens is 408 g/mol. The molecule has 1 aliphatic heterocycles. The third kappa shape index (κ3) is 4.10. The van der Waals surface area contributed by atoms with Crippen molar-refractivity contribution >= 4 is 17.5 Å². The maximum atomic E-state index is 13.4. The number of likely N-dealkylation sites (tertiary alicyclic amines) is 1. The first-order valence-electron chi connectivity index (χ1n) is 10.9. The van der Waals surface area contributed by atoms with E-state index in [1.807, 2.05) is 37.3 Å². The number of aryl methyl sites for hydroxylation is 1. The molecule has 1 aliphatic rings. The topological polar surface area (TPSA) is 86.0 Å². The Morgan fingerprint density at radius 3 is 2.53 bits per heavy atom. The fraction of sp³-hybridized carbons (Fsp3) is 0.417. The summed E-state index contributed by atoms with van der Waals surface area (Å²) < 4.78 is 12.3. The monoisotopic (exact) mass is 436 g/mol. The molecule has 0 spiro atoms. The van der Waals surface area contributed by atoms with Crippen LogP contribution in [0.25, 0.3) is 16.8 Å². The van der Waals surface area contributed by atoms with E-state index in [0.717, 1.165) is 16.8 Å². The molecule has 0 unspecified atom stereocenters. The number of hydrogen-bond acceptors (Lipinski definition) is 6. The molecule has 0 aliphatic carbocycles. The van der Waals surface area contributed by atoms with E-state index >= 15 is 0 Å². The molecule has 0 saturated carbocycles. The Kier molecular flexibility index (Phi) is 6.50. The molecule has 8 nitrogen and oxygen atoms in total. The summed E-state index contributed by atoms with van der Waals surface area (Å²) in [6.07, 6.45) is 2.81. The van der Waals surface area contributed by atoms with Gasteiger partial charge in [-0.3, -0.25) is 9.59 Å². The van der Waals surface area contributed by atoms with Gasteiger partial charge in [0.05, 0.1) is 36.1 Å². The van der Waals surface area contributed by atoms with Gasteiger partial charge in [0.1, 0.15) is 0 Å². The number of nitrogens with zero attached hydrogens (tertiary/aromatic N) is 4. The summed E-state index contributed by atoms with van der Waals surface area (Å²) in [7, 11) is 1.60. The first-order chi connectivity index (χ1) is 15.5. The van der Waals surface area contributed by atoms with Crippen molar-refractivity contribution in [2.24, 2.45) is 5.92 Å². The van der Waals surface area contributed by atoms with Crippen molar-refractivity contribution in [1.29, 1.82) is 0 Å². The number of amides is 1. The van der Waals surface area contributed by atoms with E-state index in [-0.39, 0.29) is 24.4 Å². The Bertz CT molecular complexity index is 1120. The van der Waals surface area contributed by atoms with Crippen LogP contribution in [0.5, 0.6) is 0 Å². The molecule has 1 fully saturated rings. The van der Waals surface area contributed by atoms with E-state index in [1.54, 1.807) is 29.6 Å². The Morgan fingerprint density at radius 1 is 1.16 bits per heavy atom. The number of esters is 1. The summed E-state index contributed by atoms with van der Waals surface area (Å²) in [6, 6.07) is 9.97. The van der Waals surface area contributed by atoms with Crippen molar-refractivity contribution in [3.63, 3.8) is 0 Å². The highest BCUT2D eigenvalue weighted by molar-refractivity contribution is 5.96. The lowest BCUT2D eigenvalue weighted by atomic mass is 9.96. The van der Waals surface area contributed by atoms with Crippen molar-refractivity contribution < 1.29 is 19.1 Å². The largest absolute Gasteiger partial charge is 0.466 e. The minimum atomic E-state index is -0.178. The van der Waals surface area contributed by atoms with Gasteiger partial charge in [-0.1, -0.05) is 30.3 Å². The third-order valence-corrected chi connectivity index (χ3v) is 5.89. The summed E-state index contributed by atoms with van der Waals surface area (Å²) in [5.74, 6) is -0.452. The highest BCUT2D eigenvalue weighted by Crippen LogP contribution is 2.29. The molecule has 0 N–H and O–H groups in total. The van der Waals surface area contributed by atoms with Crippen LogP contribution in [0.4, 0.5) is 0 Å². The maximum Gasteiger partial charge on any atom is 0.309 e. The zero-order valence-electron chi connectivity index (χ0n) is 18.7. The molecule has 1 saturated heterocycles. The number of carbonyl (C=O) groups excluding carboxylic acids is 2. The predicted octanol–water partition coefficient (Wildman–Crippen LogP) is 3.27. The maximum absolute atomic E-state index is 13.4. The van der Waals surface area contributed by atoms with Gasteiger partial charge in [-0.25, -0.2) is 9.50 Å². The Balaban J connectivity index is 1.65.